The van der Waals surface area contributed by atoms with E-state index in [4.69, 9.17) is 20.7 Å². The molecule has 0 amide bonds. The molecule has 76 valence electrons. The zero-order valence-electron chi connectivity index (χ0n) is 6.34. The molecule has 0 aromatic heterocycles. The van der Waals surface area contributed by atoms with Gasteiger partial charge in [0.2, 0.25) is 0 Å². The number of aliphatic hydroxyl groups excluding tert-OH is 2. The molecule has 8 nitrogen and oxygen atoms in total. The van der Waals surface area contributed by atoms with E-state index in [0.29, 0.717) is 0 Å². The van der Waals surface area contributed by atoms with Crippen LogP contribution in [0.3, 0.4) is 0 Å². The van der Waals surface area contributed by atoms with Gasteiger partial charge in [-0.3, -0.25) is 9.78 Å². The Morgan fingerprint density at radius 1 is 0.923 bits per heavy atom. The van der Waals surface area contributed by atoms with Crippen molar-refractivity contribution in [2.45, 2.75) is 0 Å². The average molecular weight is 232 g/mol. The maximum atomic E-state index is 9.46. The van der Waals surface area contributed by atoms with Gasteiger partial charge in [-0.1, -0.05) is 0 Å². The van der Waals surface area contributed by atoms with Crippen LogP contribution in [-0.4, -0.2) is 45.9 Å². The smallest absolute Gasteiger partial charge is 0.367 e. The van der Waals surface area contributed by atoms with Crippen LogP contribution in [0.2, 0.25) is 0 Å². The van der Waals surface area contributed by atoms with Crippen molar-refractivity contribution < 1.29 is 61.8 Å². The average Bonchev–Trinajstić information content (AvgIpc) is 2.16. The van der Waals surface area contributed by atoms with Crippen LogP contribution in [0.25, 0.3) is 0 Å². The fourth-order valence-corrected chi connectivity index (χ4v) is 0.0577. The fourth-order valence-electron chi connectivity index (χ4n) is 0.0577. The van der Waals surface area contributed by atoms with Crippen LogP contribution in [0.4, 0.5) is 0 Å². The Balaban J connectivity index is -0.000000143. The van der Waals surface area contributed by atoms with Gasteiger partial charge in [-0.25, -0.2) is 9.59 Å². The third-order valence-electron chi connectivity index (χ3n) is 0.462. The van der Waals surface area contributed by atoms with E-state index >= 15 is 0 Å². The third-order valence-corrected chi connectivity index (χ3v) is 0.462. The molecule has 0 rings (SSSR count). The predicted octanol–water partition coefficient (Wildman–Crippen LogP) is -2.01. The molecule has 0 fully saturated rings. The van der Waals surface area contributed by atoms with E-state index in [9.17, 15) is 9.59 Å². The zero-order chi connectivity index (χ0) is 9.98. The number of aliphatic hydroxyl groups is 2. The molecule has 4 N–H and O–H groups in total. The Bertz CT molecular complexity index is 108. The number of hydrogen-bond donors (Lipinski definition) is 4. The second-order valence-corrected chi connectivity index (χ2v) is 1.24. The van der Waals surface area contributed by atoms with Gasteiger partial charge in [0.05, 0.1) is 0 Å². The van der Waals surface area contributed by atoms with E-state index in [2.05, 4.69) is 9.78 Å². The first-order valence-corrected chi connectivity index (χ1v) is 2.52. The monoisotopic (exact) mass is 232 g/mol. The van der Waals surface area contributed by atoms with Gasteiger partial charge < -0.3 is 10.2 Å². The quantitative estimate of drug-likeness (QED) is 0.243. The molecule has 0 aromatic carbocycles. The van der Waals surface area contributed by atoms with E-state index in [1.165, 1.54) is 0 Å². The fraction of sp³-hybridized carbons (Fsp3) is 0.500. The molecule has 0 atom stereocenters. The van der Waals surface area contributed by atoms with E-state index in [-0.39, 0.29) is 21.7 Å². The Morgan fingerprint density at radius 3 is 1.15 bits per heavy atom. The SMILES string of the molecule is O=C(CO)OO.O=C(CO)OO.[Ti]. The van der Waals surface area contributed by atoms with Crippen LogP contribution in [0.15, 0.2) is 0 Å². The van der Waals surface area contributed by atoms with Crippen LogP contribution < -0.4 is 0 Å². The number of rotatable bonds is 2. The number of hydrogen-bond acceptors (Lipinski definition) is 8. The zero-order valence-corrected chi connectivity index (χ0v) is 7.90. The van der Waals surface area contributed by atoms with Crippen molar-refractivity contribution in [3.8, 4) is 0 Å². The molecule has 0 aliphatic rings. The Hall–Kier alpha value is -0.506. The van der Waals surface area contributed by atoms with E-state index < -0.39 is 25.2 Å². The molecule has 0 spiro atoms. The molecular weight excluding hydrogens is 224 g/mol. The van der Waals surface area contributed by atoms with Gasteiger partial charge in [-0.05, 0) is 0 Å². The molecule has 0 aliphatic heterocycles. The van der Waals surface area contributed by atoms with Gasteiger partial charge in [0.1, 0.15) is 13.2 Å². The maximum absolute atomic E-state index is 9.46. The van der Waals surface area contributed by atoms with Crippen molar-refractivity contribution in [2.75, 3.05) is 13.2 Å². The summed E-state index contributed by atoms with van der Waals surface area (Å²) in [7, 11) is 0. The van der Waals surface area contributed by atoms with Crippen LogP contribution in [0.5, 0.6) is 0 Å². The second kappa shape index (κ2) is 14.0. The predicted molar refractivity (Wildman–Crippen MR) is 31.6 cm³/mol. The molecule has 13 heavy (non-hydrogen) atoms. The van der Waals surface area contributed by atoms with Gasteiger partial charge in [0.25, 0.3) is 0 Å². The Labute approximate surface area is 87.4 Å². The summed E-state index contributed by atoms with van der Waals surface area (Å²) in [6.45, 7) is -1.56. The number of carbonyl (C=O) groups is 2. The molecule has 9 heteroatoms. The van der Waals surface area contributed by atoms with Crippen LogP contribution in [-0.2, 0) is 41.1 Å². The first-order valence-electron chi connectivity index (χ1n) is 2.52. The first-order chi connectivity index (χ1) is 5.62. The van der Waals surface area contributed by atoms with Crippen LogP contribution in [0, 0.1) is 0 Å². The third kappa shape index (κ3) is 18.4. The van der Waals surface area contributed by atoms with E-state index in [1.807, 2.05) is 0 Å². The molecule has 0 bridgehead atoms. The molecule has 0 saturated heterocycles. The summed E-state index contributed by atoms with van der Waals surface area (Å²) in [6.07, 6.45) is 0. The van der Waals surface area contributed by atoms with Gasteiger partial charge >= 0.3 is 11.9 Å². The molecular formula is C4H8O8Ti. The van der Waals surface area contributed by atoms with Crippen molar-refractivity contribution in [1.82, 2.24) is 0 Å². The summed E-state index contributed by atoms with van der Waals surface area (Å²) < 4.78 is 0. The minimum absolute atomic E-state index is 0. The summed E-state index contributed by atoms with van der Waals surface area (Å²) in [6, 6.07) is 0. The Kier molecular flexibility index (Phi) is 19.8. The topological polar surface area (TPSA) is 134 Å². The van der Waals surface area contributed by atoms with Gasteiger partial charge in [-0.15, -0.1) is 0 Å². The molecule has 0 aromatic rings. The van der Waals surface area contributed by atoms with E-state index in [0.717, 1.165) is 0 Å². The molecule has 0 unspecified atom stereocenters. The Morgan fingerprint density at radius 2 is 1.15 bits per heavy atom. The van der Waals surface area contributed by atoms with Gasteiger partial charge in [0, 0.05) is 21.7 Å². The molecule has 0 radical (unpaired) electrons. The summed E-state index contributed by atoms with van der Waals surface area (Å²) >= 11 is 0. The van der Waals surface area contributed by atoms with Gasteiger partial charge in [0.15, 0.2) is 0 Å². The van der Waals surface area contributed by atoms with Crippen molar-refractivity contribution in [3.05, 3.63) is 0 Å². The minimum atomic E-state index is -1.05. The van der Waals surface area contributed by atoms with Crippen molar-refractivity contribution in [1.29, 1.82) is 0 Å². The molecule has 0 saturated carbocycles. The normalized spacial score (nSPS) is 7.08. The second-order valence-electron chi connectivity index (χ2n) is 1.24. The summed E-state index contributed by atoms with van der Waals surface area (Å²) in [5.41, 5.74) is 0. The van der Waals surface area contributed by atoms with Crippen molar-refractivity contribution in [2.24, 2.45) is 0 Å². The van der Waals surface area contributed by atoms with Crippen molar-refractivity contribution >= 4 is 11.9 Å². The largest absolute Gasteiger partial charge is 0.385 e. The van der Waals surface area contributed by atoms with Crippen LogP contribution in [0.1, 0.15) is 0 Å². The van der Waals surface area contributed by atoms with E-state index in [1.54, 1.807) is 0 Å². The summed E-state index contributed by atoms with van der Waals surface area (Å²) in [4.78, 5) is 24.9. The molecule has 0 heterocycles. The van der Waals surface area contributed by atoms with Crippen molar-refractivity contribution in [3.63, 3.8) is 0 Å². The maximum Gasteiger partial charge on any atom is 0.367 e. The molecule has 0 aliphatic carbocycles. The summed E-state index contributed by atoms with van der Waals surface area (Å²) in [5.74, 6) is -2.09. The first kappa shape index (κ1) is 18.3. The van der Waals surface area contributed by atoms with Gasteiger partial charge in [-0.2, -0.15) is 10.5 Å². The standard InChI is InChI=1S/2C2H4O4.Ti/c2*3-1-2(4)6-5;/h2*3,5H,1H2;. The number of carbonyl (C=O) groups excluding carboxylic acids is 2. The summed E-state index contributed by atoms with van der Waals surface area (Å²) in [5, 5.41) is 30.1. The minimum Gasteiger partial charge on any atom is -0.385 e. The van der Waals surface area contributed by atoms with Crippen LogP contribution >= 0.6 is 0 Å².